The van der Waals surface area contributed by atoms with Crippen molar-refractivity contribution in [3.8, 4) is 11.1 Å². The Morgan fingerprint density at radius 1 is 1.00 bits per heavy atom. The number of rotatable bonds is 5. The average molecular weight is 296 g/mol. The second kappa shape index (κ2) is 6.27. The molecule has 0 aromatic heterocycles. The topological polar surface area (TPSA) is 0 Å². The molecule has 0 N–H and O–H groups in total. The molecule has 1 aliphatic heterocycles. The highest BCUT2D eigenvalue weighted by molar-refractivity contribution is 7.99. The van der Waals surface area contributed by atoms with Crippen molar-refractivity contribution in [2.75, 3.05) is 5.75 Å². The van der Waals surface area contributed by atoms with Gasteiger partial charge in [-0.15, -0.1) is 11.8 Å². The van der Waals surface area contributed by atoms with Crippen LogP contribution >= 0.6 is 11.8 Å². The lowest BCUT2D eigenvalue weighted by Crippen LogP contribution is -2.25. The first kappa shape index (κ1) is 14.7. The van der Waals surface area contributed by atoms with Gasteiger partial charge in [-0.2, -0.15) is 0 Å². The van der Waals surface area contributed by atoms with Gasteiger partial charge in [0.2, 0.25) is 0 Å². The maximum Gasteiger partial charge on any atom is 0.0111 e. The Morgan fingerprint density at radius 2 is 1.81 bits per heavy atom. The summed E-state index contributed by atoms with van der Waals surface area (Å²) in [4.78, 5) is 1.51. The molecule has 0 bridgehead atoms. The Morgan fingerprint density at radius 3 is 2.52 bits per heavy atom. The summed E-state index contributed by atoms with van der Waals surface area (Å²) in [7, 11) is 0. The van der Waals surface area contributed by atoms with Gasteiger partial charge in [-0.1, -0.05) is 63.1 Å². The van der Waals surface area contributed by atoms with Gasteiger partial charge in [-0.3, -0.25) is 0 Å². The first-order chi connectivity index (χ1) is 10.3. The summed E-state index contributed by atoms with van der Waals surface area (Å²) in [5, 5.41) is 0. The highest BCUT2D eigenvalue weighted by atomic mass is 32.2. The van der Waals surface area contributed by atoms with Crippen molar-refractivity contribution in [3.05, 3.63) is 54.1 Å². The van der Waals surface area contributed by atoms with Crippen molar-refractivity contribution in [1.82, 2.24) is 0 Å². The Kier molecular flexibility index (Phi) is 4.40. The summed E-state index contributed by atoms with van der Waals surface area (Å²) in [6, 6.07) is 17.8. The van der Waals surface area contributed by atoms with E-state index in [1.54, 1.807) is 5.56 Å². The fraction of sp³-hybridized carbons (Fsp3) is 0.400. The molecule has 2 aromatic rings. The molecule has 0 fully saturated rings. The second-order valence-electron chi connectivity index (χ2n) is 6.10. The van der Waals surface area contributed by atoms with Crippen LogP contribution < -0.4 is 0 Å². The first-order valence-electron chi connectivity index (χ1n) is 8.12. The van der Waals surface area contributed by atoms with E-state index < -0.39 is 0 Å². The average Bonchev–Trinajstić information content (AvgIpc) is 2.92. The van der Waals surface area contributed by atoms with E-state index in [-0.39, 0.29) is 0 Å². The maximum atomic E-state index is 2.46. The van der Waals surface area contributed by atoms with E-state index in [9.17, 15) is 0 Å². The van der Waals surface area contributed by atoms with Crippen LogP contribution in [0.25, 0.3) is 11.1 Å². The molecule has 2 aromatic carbocycles. The third-order valence-electron chi connectivity index (χ3n) is 4.85. The molecular weight excluding hydrogens is 272 g/mol. The molecule has 0 saturated carbocycles. The molecule has 1 aliphatic rings. The molecule has 1 heterocycles. The highest BCUT2D eigenvalue weighted by Gasteiger charge is 2.37. The van der Waals surface area contributed by atoms with Gasteiger partial charge in [0, 0.05) is 16.1 Å². The zero-order valence-corrected chi connectivity index (χ0v) is 13.9. The zero-order chi connectivity index (χ0) is 14.7. The molecule has 1 heteroatoms. The lowest BCUT2D eigenvalue weighted by molar-refractivity contribution is 0.413. The standard InChI is InChI=1S/C20H24S/c1-3-5-13-20(4-2)15-21-19-12-11-17(14-18(19)20)16-9-7-6-8-10-16/h6-12,14H,3-5,13,15H2,1-2H3. The van der Waals surface area contributed by atoms with Crippen molar-refractivity contribution in [2.45, 2.75) is 49.8 Å². The van der Waals surface area contributed by atoms with E-state index in [1.165, 1.54) is 47.5 Å². The Labute approximate surface area is 133 Å². The van der Waals surface area contributed by atoms with Crippen molar-refractivity contribution in [1.29, 1.82) is 0 Å². The number of hydrogen-bond acceptors (Lipinski definition) is 1. The summed E-state index contributed by atoms with van der Waals surface area (Å²) in [5.41, 5.74) is 4.70. The van der Waals surface area contributed by atoms with Crippen molar-refractivity contribution in [2.24, 2.45) is 0 Å². The molecule has 1 atom stereocenters. The molecule has 1 unspecified atom stereocenters. The summed E-state index contributed by atoms with van der Waals surface area (Å²) >= 11 is 2.05. The first-order valence-corrected chi connectivity index (χ1v) is 9.10. The normalized spacial score (nSPS) is 20.5. The fourth-order valence-electron chi connectivity index (χ4n) is 3.37. The van der Waals surface area contributed by atoms with Gasteiger partial charge in [0.05, 0.1) is 0 Å². The zero-order valence-electron chi connectivity index (χ0n) is 13.1. The smallest absolute Gasteiger partial charge is 0.0111 e. The highest BCUT2D eigenvalue weighted by Crippen LogP contribution is 2.49. The predicted octanol–water partition coefficient (Wildman–Crippen LogP) is 6.30. The van der Waals surface area contributed by atoms with Gasteiger partial charge in [-0.05, 0) is 41.7 Å². The molecule has 3 rings (SSSR count). The van der Waals surface area contributed by atoms with Crippen LogP contribution in [0.5, 0.6) is 0 Å². The van der Waals surface area contributed by atoms with Crippen LogP contribution in [0.15, 0.2) is 53.4 Å². The monoisotopic (exact) mass is 296 g/mol. The summed E-state index contributed by atoms with van der Waals surface area (Å²) in [6.45, 7) is 4.66. The van der Waals surface area contributed by atoms with Crippen LogP contribution in [-0.2, 0) is 5.41 Å². The Bertz CT molecular complexity index is 602. The van der Waals surface area contributed by atoms with Gasteiger partial charge < -0.3 is 0 Å². The molecule has 21 heavy (non-hydrogen) atoms. The molecule has 0 saturated heterocycles. The fourth-order valence-corrected chi connectivity index (χ4v) is 4.90. The van der Waals surface area contributed by atoms with Gasteiger partial charge in [-0.25, -0.2) is 0 Å². The third-order valence-corrected chi connectivity index (χ3v) is 6.21. The third kappa shape index (κ3) is 2.76. The number of fused-ring (bicyclic) bond motifs is 1. The molecule has 0 spiro atoms. The largest absolute Gasteiger partial charge is 0.125 e. The lowest BCUT2D eigenvalue weighted by atomic mass is 9.75. The molecule has 0 amide bonds. The predicted molar refractivity (Wildman–Crippen MR) is 94.1 cm³/mol. The molecule has 0 nitrogen and oxygen atoms in total. The van der Waals surface area contributed by atoms with E-state index in [1.807, 2.05) is 0 Å². The van der Waals surface area contributed by atoms with Crippen LogP contribution in [-0.4, -0.2) is 5.75 Å². The minimum absolute atomic E-state index is 0.404. The Balaban J connectivity index is 2.01. The summed E-state index contributed by atoms with van der Waals surface area (Å²) < 4.78 is 0. The van der Waals surface area contributed by atoms with Crippen LogP contribution in [0.3, 0.4) is 0 Å². The molecule has 110 valence electrons. The second-order valence-corrected chi connectivity index (χ2v) is 7.12. The molecule has 0 radical (unpaired) electrons. The van der Waals surface area contributed by atoms with E-state index >= 15 is 0 Å². The number of benzene rings is 2. The van der Waals surface area contributed by atoms with Gasteiger partial charge in [0.15, 0.2) is 0 Å². The minimum atomic E-state index is 0.404. The van der Waals surface area contributed by atoms with Crippen LogP contribution in [0.4, 0.5) is 0 Å². The summed E-state index contributed by atoms with van der Waals surface area (Å²) in [5.74, 6) is 1.26. The molecule has 0 aliphatic carbocycles. The number of unbranched alkanes of at least 4 members (excludes halogenated alkanes) is 1. The lowest BCUT2D eigenvalue weighted by Gasteiger charge is -2.28. The summed E-state index contributed by atoms with van der Waals surface area (Å²) in [6.07, 6.45) is 5.22. The van der Waals surface area contributed by atoms with E-state index in [4.69, 9.17) is 0 Å². The van der Waals surface area contributed by atoms with Gasteiger partial charge in [0.25, 0.3) is 0 Å². The van der Waals surface area contributed by atoms with Crippen molar-refractivity contribution >= 4 is 11.8 Å². The SMILES string of the molecule is CCCCC1(CC)CSc2ccc(-c3ccccc3)cc21. The van der Waals surface area contributed by atoms with Crippen molar-refractivity contribution in [3.63, 3.8) is 0 Å². The minimum Gasteiger partial charge on any atom is -0.125 e. The van der Waals surface area contributed by atoms with Gasteiger partial charge >= 0.3 is 0 Å². The van der Waals surface area contributed by atoms with Crippen LogP contribution in [0.2, 0.25) is 0 Å². The van der Waals surface area contributed by atoms with Crippen LogP contribution in [0, 0.1) is 0 Å². The number of thioether (sulfide) groups is 1. The quantitative estimate of drug-likeness (QED) is 0.624. The molecular formula is C20H24S. The maximum absolute atomic E-state index is 2.46. The van der Waals surface area contributed by atoms with E-state index in [0.29, 0.717) is 5.41 Å². The number of hydrogen-bond donors (Lipinski definition) is 0. The van der Waals surface area contributed by atoms with Crippen molar-refractivity contribution < 1.29 is 0 Å². The van der Waals surface area contributed by atoms with Gasteiger partial charge in [0.1, 0.15) is 0 Å². The van der Waals surface area contributed by atoms with E-state index in [2.05, 4.69) is 74.1 Å². The van der Waals surface area contributed by atoms with E-state index in [0.717, 1.165) is 0 Å². The van der Waals surface area contributed by atoms with Crippen LogP contribution in [0.1, 0.15) is 45.1 Å². The Hall–Kier alpha value is -1.21.